The van der Waals surface area contributed by atoms with Crippen molar-refractivity contribution < 1.29 is 43.8 Å². The second-order valence-corrected chi connectivity index (χ2v) is 2.60. The molecule has 68 valence electrons. The molecule has 1 aromatic heterocycles. The van der Waals surface area contributed by atoms with Crippen LogP contribution in [-0.4, -0.2) is 11.0 Å². The minimum absolute atomic E-state index is 0. The fourth-order valence-electron chi connectivity index (χ4n) is 0.866. The number of carboxylic acids is 1. The quantitative estimate of drug-likeness (QED) is 0.398. The van der Waals surface area contributed by atoms with Gasteiger partial charge in [0.25, 0.3) is 0 Å². The first-order chi connectivity index (χ1) is 6.02. The Hall–Kier alpha value is -0.710. The largest absolute Gasteiger partial charge is 1.00 e. The zero-order valence-electron chi connectivity index (χ0n) is 8.00. The predicted molar refractivity (Wildman–Crippen MR) is 43.2 cm³/mol. The van der Waals surface area contributed by atoms with Crippen molar-refractivity contribution in [2.75, 3.05) is 0 Å². The minimum atomic E-state index is -1.49. The van der Waals surface area contributed by atoms with Gasteiger partial charge < -0.3 is 9.90 Å². The topological polar surface area (TPSA) is 53.0 Å². The molecule has 0 saturated carbocycles. The summed E-state index contributed by atoms with van der Waals surface area (Å²) in [5, 5.41) is 10.3. The van der Waals surface area contributed by atoms with Gasteiger partial charge in [0.2, 0.25) is 5.95 Å². The number of carboxylic acid groups (broad SMARTS) is 1. The molecule has 0 saturated heterocycles. The van der Waals surface area contributed by atoms with Crippen LogP contribution >= 0.6 is 0 Å². The Morgan fingerprint density at radius 1 is 1.57 bits per heavy atom. The summed E-state index contributed by atoms with van der Waals surface area (Å²) in [5.41, 5.74) is 0.294. The van der Waals surface area contributed by atoms with E-state index in [1.54, 1.807) is 6.92 Å². The molecule has 14 heavy (non-hydrogen) atoms. The van der Waals surface area contributed by atoms with Crippen molar-refractivity contribution in [3.05, 3.63) is 35.9 Å². The second-order valence-electron chi connectivity index (χ2n) is 2.60. The molecule has 0 unspecified atom stereocenters. The molecule has 0 bridgehead atoms. The monoisotopic (exact) mass is 203 g/mol. The van der Waals surface area contributed by atoms with E-state index in [-0.39, 0.29) is 35.1 Å². The van der Waals surface area contributed by atoms with Crippen LogP contribution in [-0.2, 0) is 0 Å². The van der Waals surface area contributed by atoms with Gasteiger partial charge in [0.1, 0.15) is 0 Å². The van der Waals surface area contributed by atoms with E-state index in [2.05, 4.69) is 11.6 Å². The van der Waals surface area contributed by atoms with Gasteiger partial charge in [-0.15, -0.1) is 0 Å². The Balaban J connectivity index is 0.00000169. The third-order valence-electron chi connectivity index (χ3n) is 1.52. The van der Waals surface area contributed by atoms with Gasteiger partial charge in [-0.1, -0.05) is 6.58 Å². The van der Waals surface area contributed by atoms with E-state index < -0.39 is 17.6 Å². The molecule has 0 N–H and O–H groups in total. The third kappa shape index (κ3) is 2.90. The van der Waals surface area contributed by atoms with Gasteiger partial charge in [-0.2, -0.15) is 4.39 Å². The first kappa shape index (κ1) is 13.3. The van der Waals surface area contributed by atoms with Crippen LogP contribution in [0.5, 0.6) is 0 Å². The Labute approximate surface area is 103 Å². The standard InChI is InChI=1S/C9H8FNO2.Na/c1-5(2)6-3-4-7(9(12)13)11-8(6)10;/h3-4H,1H2,2H3,(H,12,13);/q;+1/p-1. The van der Waals surface area contributed by atoms with Crippen LogP contribution < -0.4 is 34.7 Å². The van der Waals surface area contributed by atoms with E-state index in [0.717, 1.165) is 0 Å². The SMILES string of the molecule is C=C(C)c1ccc(C(=O)[O-])nc1F.[Na+]. The van der Waals surface area contributed by atoms with Crippen LogP contribution in [0.2, 0.25) is 0 Å². The zero-order valence-corrected chi connectivity index (χ0v) is 10.0. The molecule has 0 amide bonds. The number of aromatic carboxylic acids is 1. The molecular weight excluding hydrogens is 196 g/mol. The maximum absolute atomic E-state index is 13.0. The smallest absolute Gasteiger partial charge is 0.543 e. The van der Waals surface area contributed by atoms with E-state index in [1.165, 1.54) is 12.1 Å². The maximum atomic E-state index is 13.0. The first-order valence-corrected chi connectivity index (χ1v) is 3.56. The van der Waals surface area contributed by atoms with E-state index in [0.29, 0.717) is 5.57 Å². The molecular formula is C9H7FNNaO2. The number of rotatable bonds is 2. The summed E-state index contributed by atoms with van der Waals surface area (Å²) in [5.74, 6) is -2.33. The second kappa shape index (κ2) is 5.24. The van der Waals surface area contributed by atoms with Gasteiger partial charge in [0, 0.05) is 5.56 Å². The molecule has 0 fully saturated rings. The summed E-state index contributed by atoms with van der Waals surface area (Å²) in [6.07, 6.45) is 0. The van der Waals surface area contributed by atoms with Crippen molar-refractivity contribution in [2.24, 2.45) is 0 Å². The van der Waals surface area contributed by atoms with Gasteiger partial charge >= 0.3 is 29.6 Å². The average molecular weight is 203 g/mol. The third-order valence-corrected chi connectivity index (χ3v) is 1.52. The van der Waals surface area contributed by atoms with E-state index in [4.69, 9.17) is 0 Å². The van der Waals surface area contributed by atoms with Crippen molar-refractivity contribution in [3.8, 4) is 0 Å². The van der Waals surface area contributed by atoms with E-state index >= 15 is 0 Å². The normalized spacial score (nSPS) is 9.00. The Morgan fingerprint density at radius 2 is 2.14 bits per heavy atom. The predicted octanol–water partition coefficient (Wildman–Crippen LogP) is -2.38. The first-order valence-electron chi connectivity index (χ1n) is 3.56. The van der Waals surface area contributed by atoms with Crippen LogP contribution in [0, 0.1) is 5.95 Å². The van der Waals surface area contributed by atoms with Crippen LogP contribution in [0.1, 0.15) is 23.0 Å². The molecule has 0 radical (unpaired) electrons. The fraction of sp³-hybridized carbons (Fsp3) is 0.111. The fourth-order valence-corrected chi connectivity index (χ4v) is 0.866. The maximum Gasteiger partial charge on any atom is 1.00 e. The molecule has 1 heterocycles. The molecule has 0 aliphatic carbocycles. The summed E-state index contributed by atoms with van der Waals surface area (Å²) in [6, 6.07) is 2.50. The van der Waals surface area contributed by atoms with Crippen LogP contribution in [0.3, 0.4) is 0 Å². The average Bonchev–Trinajstić information content (AvgIpc) is 2.03. The number of pyridine rings is 1. The Kier molecular flexibility index (Phi) is 4.97. The van der Waals surface area contributed by atoms with Crippen molar-refractivity contribution in [3.63, 3.8) is 0 Å². The van der Waals surface area contributed by atoms with Crippen molar-refractivity contribution >= 4 is 11.5 Å². The van der Waals surface area contributed by atoms with Gasteiger partial charge in [-0.05, 0) is 24.6 Å². The molecule has 0 aliphatic rings. The molecule has 0 atom stereocenters. The number of carbonyl (C=O) groups is 1. The molecule has 5 heteroatoms. The summed E-state index contributed by atoms with van der Waals surface area (Å²) in [7, 11) is 0. The van der Waals surface area contributed by atoms with Crippen LogP contribution in [0.25, 0.3) is 5.57 Å². The number of aromatic nitrogens is 1. The molecule has 3 nitrogen and oxygen atoms in total. The number of carbonyl (C=O) groups excluding carboxylic acids is 1. The molecule has 1 aromatic rings. The molecule has 0 aliphatic heterocycles. The van der Waals surface area contributed by atoms with Gasteiger partial charge in [-0.25, -0.2) is 4.98 Å². The van der Waals surface area contributed by atoms with Crippen LogP contribution in [0.15, 0.2) is 18.7 Å². The summed E-state index contributed by atoms with van der Waals surface area (Å²) < 4.78 is 13.0. The zero-order chi connectivity index (χ0) is 10.0. The number of nitrogens with zero attached hydrogens (tertiary/aromatic N) is 1. The Bertz CT molecular complexity index is 379. The summed E-state index contributed by atoms with van der Waals surface area (Å²) in [4.78, 5) is 13.5. The summed E-state index contributed by atoms with van der Waals surface area (Å²) >= 11 is 0. The minimum Gasteiger partial charge on any atom is -0.543 e. The van der Waals surface area contributed by atoms with Crippen molar-refractivity contribution in [1.82, 2.24) is 4.98 Å². The number of halogens is 1. The van der Waals surface area contributed by atoms with Gasteiger partial charge in [-0.3, -0.25) is 0 Å². The summed E-state index contributed by atoms with van der Waals surface area (Å²) in [6.45, 7) is 5.13. The molecule has 0 aromatic carbocycles. The molecule has 0 spiro atoms. The number of hydrogen-bond donors (Lipinski definition) is 0. The van der Waals surface area contributed by atoms with E-state index in [9.17, 15) is 14.3 Å². The van der Waals surface area contributed by atoms with E-state index in [1.807, 2.05) is 0 Å². The van der Waals surface area contributed by atoms with Crippen LogP contribution in [0.4, 0.5) is 4.39 Å². The molecule has 1 rings (SSSR count). The Morgan fingerprint density at radius 3 is 2.50 bits per heavy atom. The van der Waals surface area contributed by atoms with Crippen molar-refractivity contribution in [2.45, 2.75) is 6.92 Å². The van der Waals surface area contributed by atoms with Gasteiger partial charge in [0.05, 0.1) is 11.7 Å². The number of hydrogen-bond acceptors (Lipinski definition) is 3. The van der Waals surface area contributed by atoms with Gasteiger partial charge in [0.15, 0.2) is 0 Å². The van der Waals surface area contributed by atoms with Crippen molar-refractivity contribution in [1.29, 1.82) is 0 Å². The number of allylic oxidation sites excluding steroid dienone is 1.